The molecule has 9 heteroatoms. The van der Waals surface area contributed by atoms with Gasteiger partial charge in [-0.3, -0.25) is 4.98 Å². The summed E-state index contributed by atoms with van der Waals surface area (Å²) in [7, 11) is 3.27. The van der Waals surface area contributed by atoms with Crippen LogP contribution >= 0.6 is 11.8 Å². The number of fused-ring (bicyclic) bond motifs is 2. The Bertz CT molecular complexity index is 1520. The summed E-state index contributed by atoms with van der Waals surface area (Å²) in [5, 5.41) is 2.18. The second-order valence-corrected chi connectivity index (χ2v) is 9.68. The molecule has 0 fully saturated rings. The first-order valence-corrected chi connectivity index (χ1v) is 12.3. The zero-order valence-corrected chi connectivity index (χ0v) is 20.8. The Labute approximate surface area is 212 Å². The van der Waals surface area contributed by atoms with Crippen molar-refractivity contribution in [3.63, 3.8) is 0 Å². The van der Waals surface area contributed by atoms with Gasteiger partial charge in [0.1, 0.15) is 35.1 Å². The molecule has 1 aliphatic rings. The third-order valence-electron chi connectivity index (χ3n) is 5.96. The van der Waals surface area contributed by atoms with E-state index < -0.39 is 0 Å². The molecule has 0 amide bonds. The summed E-state index contributed by atoms with van der Waals surface area (Å²) in [6.45, 7) is 2.45. The third kappa shape index (κ3) is 4.22. The number of aromatic nitrogens is 3. The largest absolute Gasteiger partial charge is 0.497 e. The van der Waals surface area contributed by atoms with E-state index in [9.17, 15) is 0 Å². The molecule has 0 saturated carbocycles. The minimum absolute atomic E-state index is 0.296. The molecule has 5 aromatic rings. The number of nitrogens with one attached hydrogen (secondary N) is 1. The Morgan fingerprint density at radius 2 is 1.89 bits per heavy atom. The first-order valence-electron chi connectivity index (χ1n) is 11.5. The van der Waals surface area contributed by atoms with Gasteiger partial charge in [-0.2, -0.15) is 0 Å². The van der Waals surface area contributed by atoms with E-state index >= 15 is 0 Å². The molecule has 0 bridgehead atoms. The van der Waals surface area contributed by atoms with Crippen LogP contribution in [0.15, 0.2) is 76.6 Å². The number of hydrogen-bond donors (Lipinski definition) is 1. The topological polar surface area (TPSA) is 83.6 Å². The van der Waals surface area contributed by atoms with Gasteiger partial charge in [-0.25, -0.2) is 9.66 Å². The number of ether oxygens (including phenoxy) is 3. The number of nitrogens with zero attached hydrogens (tertiary/aromatic N) is 3. The monoisotopic (exact) mass is 500 g/mol. The summed E-state index contributed by atoms with van der Waals surface area (Å²) >= 11 is 1.68. The molecule has 1 N–H and O–H groups in total. The van der Waals surface area contributed by atoms with Gasteiger partial charge >= 0.3 is 0 Å². The van der Waals surface area contributed by atoms with E-state index in [0.717, 1.165) is 50.1 Å². The van der Waals surface area contributed by atoms with Crippen LogP contribution in [0.5, 0.6) is 17.2 Å². The van der Waals surface area contributed by atoms with Crippen molar-refractivity contribution in [1.82, 2.24) is 14.6 Å². The van der Waals surface area contributed by atoms with Crippen LogP contribution in [0.25, 0.3) is 33.7 Å². The van der Waals surface area contributed by atoms with Crippen molar-refractivity contribution in [2.45, 2.75) is 24.1 Å². The van der Waals surface area contributed by atoms with Crippen LogP contribution in [0, 0.1) is 0 Å². The molecular formula is C27H24N4O4S. The molecule has 0 radical (unpaired) electrons. The second kappa shape index (κ2) is 9.16. The number of furan rings is 1. The summed E-state index contributed by atoms with van der Waals surface area (Å²) in [6.07, 6.45) is 3.66. The fourth-order valence-corrected chi connectivity index (χ4v) is 5.02. The first-order chi connectivity index (χ1) is 17.6. The van der Waals surface area contributed by atoms with Gasteiger partial charge in [0.15, 0.2) is 10.9 Å². The molecular weight excluding hydrogens is 476 g/mol. The minimum atomic E-state index is 0.296. The van der Waals surface area contributed by atoms with Gasteiger partial charge in [-0.15, -0.1) is 0 Å². The second-order valence-electron chi connectivity index (χ2n) is 8.38. The predicted octanol–water partition coefficient (Wildman–Crippen LogP) is 5.95. The molecule has 36 heavy (non-hydrogen) atoms. The molecule has 4 heterocycles. The maximum atomic E-state index is 6.20. The Morgan fingerprint density at radius 1 is 1.00 bits per heavy atom. The summed E-state index contributed by atoms with van der Waals surface area (Å²) in [5.41, 5.74) is 7.60. The summed E-state index contributed by atoms with van der Waals surface area (Å²) in [4.78, 5) is 9.19. The fraction of sp³-hybridized carbons (Fsp3) is 0.185. The zero-order valence-electron chi connectivity index (χ0n) is 20.0. The normalized spacial score (nSPS) is 14.5. The average molecular weight is 501 g/mol. The molecule has 0 saturated heterocycles. The average Bonchev–Trinajstić information content (AvgIpc) is 3.60. The summed E-state index contributed by atoms with van der Waals surface area (Å²) < 4.78 is 25.0. The molecule has 8 nitrogen and oxygen atoms in total. The fourth-order valence-electron chi connectivity index (χ4n) is 4.16. The molecule has 1 aliphatic heterocycles. The molecule has 2 aromatic carbocycles. The molecule has 3 aromatic heterocycles. The van der Waals surface area contributed by atoms with Crippen LogP contribution in [0.3, 0.4) is 0 Å². The van der Waals surface area contributed by atoms with Crippen LogP contribution in [-0.4, -0.2) is 34.2 Å². The van der Waals surface area contributed by atoms with Crippen molar-refractivity contribution in [3.8, 4) is 40.0 Å². The molecule has 0 spiro atoms. The first kappa shape index (κ1) is 22.4. The maximum absolute atomic E-state index is 6.20. The van der Waals surface area contributed by atoms with Gasteiger partial charge in [0.2, 0.25) is 0 Å². The van der Waals surface area contributed by atoms with Gasteiger partial charge in [-0.05, 0) is 43.3 Å². The number of rotatable bonds is 7. The SMILES string of the molecule is COc1ccc(-c2cccc(OCc3cc(OC)cc4oc(-c5cn6c(n5)SC(C)N6)cc34)c2)nc1. The van der Waals surface area contributed by atoms with E-state index in [4.69, 9.17) is 23.6 Å². The molecule has 1 atom stereocenters. The number of pyridine rings is 1. The molecule has 1 unspecified atom stereocenters. The van der Waals surface area contributed by atoms with Crippen molar-refractivity contribution in [3.05, 3.63) is 72.6 Å². The van der Waals surface area contributed by atoms with Gasteiger partial charge in [0.05, 0.1) is 37.7 Å². The predicted molar refractivity (Wildman–Crippen MR) is 139 cm³/mol. The zero-order chi connectivity index (χ0) is 24.6. The van der Waals surface area contributed by atoms with E-state index in [1.54, 1.807) is 32.2 Å². The van der Waals surface area contributed by atoms with Crippen LogP contribution in [0.2, 0.25) is 0 Å². The van der Waals surface area contributed by atoms with Crippen molar-refractivity contribution < 1.29 is 18.6 Å². The third-order valence-corrected chi connectivity index (χ3v) is 6.92. The number of benzene rings is 2. The van der Waals surface area contributed by atoms with Crippen LogP contribution < -0.4 is 19.6 Å². The Kier molecular flexibility index (Phi) is 5.69. The molecule has 6 rings (SSSR count). The highest BCUT2D eigenvalue weighted by Crippen LogP contribution is 2.36. The van der Waals surface area contributed by atoms with E-state index in [2.05, 4.69) is 17.3 Å². The van der Waals surface area contributed by atoms with E-state index in [1.807, 2.05) is 65.5 Å². The number of thioether (sulfide) groups is 1. The van der Waals surface area contributed by atoms with Crippen molar-refractivity contribution >= 4 is 22.7 Å². The van der Waals surface area contributed by atoms with Crippen molar-refractivity contribution in [2.24, 2.45) is 0 Å². The lowest BCUT2D eigenvalue weighted by atomic mass is 10.1. The Morgan fingerprint density at radius 3 is 2.67 bits per heavy atom. The Hall–Kier alpha value is -4.11. The van der Waals surface area contributed by atoms with Crippen LogP contribution in [0.4, 0.5) is 0 Å². The molecule has 182 valence electrons. The smallest absolute Gasteiger partial charge is 0.189 e. The van der Waals surface area contributed by atoms with Gasteiger partial charge < -0.3 is 24.1 Å². The van der Waals surface area contributed by atoms with E-state index in [-0.39, 0.29) is 0 Å². The number of methoxy groups -OCH3 is 2. The van der Waals surface area contributed by atoms with Gasteiger partial charge in [-0.1, -0.05) is 23.9 Å². The van der Waals surface area contributed by atoms with Crippen molar-refractivity contribution in [1.29, 1.82) is 0 Å². The quantitative estimate of drug-likeness (QED) is 0.294. The van der Waals surface area contributed by atoms with E-state index in [0.29, 0.717) is 23.5 Å². The summed E-state index contributed by atoms with van der Waals surface area (Å²) in [5.74, 6) is 2.87. The Balaban J connectivity index is 1.27. The van der Waals surface area contributed by atoms with Gasteiger partial charge in [0, 0.05) is 22.6 Å². The summed E-state index contributed by atoms with van der Waals surface area (Å²) in [6, 6.07) is 17.6. The standard InChI is InChI=1S/C27H24N4O4S/c1-16-30-31-14-24(29-27(31)36-16)26-12-22-18(10-21(33-3)11-25(22)35-26)15-34-19-6-4-5-17(9-19)23-8-7-20(32-2)13-28-23/h4-14,16,30H,15H2,1-3H3. The highest BCUT2D eigenvalue weighted by Gasteiger charge is 2.22. The number of imidazole rings is 1. The highest BCUT2D eigenvalue weighted by molar-refractivity contribution is 8.00. The molecule has 0 aliphatic carbocycles. The number of hydrogen-bond acceptors (Lipinski definition) is 8. The van der Waals surface area contributed by atoms with Crippen LogP contribution in [-0.2, 0) is 6.61 Å². The maximum Gasteiger partial charge on any atom is 0.189 e. The van der Waals surface area contributed by atoms with Gasteiger partial charge in [0.25, 0.3) is 0 Å². The lowest BCUT2D eigenvalue weighted by Crippen LogP contribution is -2.13. The van der Waals surface area contributed by atoms with E-state index in [1.165, 1.54) is 0 Å². The van der Waals surface area contributed by atoms with Crippen molar-refractivity contribution in [2.75, 3.05) is 19.6 Å². The van der Waals surface area contributed by atoms with Crippen LogP contribution in [0.1, 0.15) is 12.5 Å². The lowest BCUT2D eigenvalue weighted by Gasteiger charge is -2.10. The lowest BCUT2D eigenvalue weighted by molar-refractivity contribution is 0.307. The highest BCUT2D eigenvalue weighted by atomic mass is 32.2. The minimum Gasteiger partial charge on any atom is -0.497 e.